The highest BCUT2D eigenvalue weighted by molar-refractivity contribution is 6.05. The summed E-state index contributed by atoms with van der Waals surface area (Å²) in [4.78, 5) is 19.7. The zero-order valence-corrected chi connectivity index (χ0v) is 16.8. The fourth-order valence-corrected chi connectivity index (χ4v) is 4.21. The Labute approximate surface area is 165 Å². The smallest absolute Gasteiger partial charge is 0.246 e. The van der Waals surface area contributed by atoms with Gasteiger partial charge in [-0.2, -0.15) is 5.10 Å². The number of carbonyl (C=O) groups excluding carboxylic acids is 1. The maximum absolute atomic E-state index is 12.7. The van der Waals surface area contributed by atoms with Crippen LogP contribution in [-0.4, -0.2) is 33.8 Å². The third kappa shape index (κ3) is 3.35. The van der Waals surface area contributed by atoms with Crippen LogP contribution in [0.4, 0.5) is 11.4 Å². The average Bonchev–Trinajstić information content (AvgIpc) is 3.31. The minimum atomic E-state index is -0.0765. The lowest BCUT2D eigenvalue weighted by Crippen LogP contribution is -2.21. The summed E-state index contributed by atoms with van der Waals surface area (Å²) in [5.74, 6) is -0.0765. The molecule has 6 heteroatoms. The molecule has 0 atom stereocenters. The van der Waals surface area contributed by atoms with Crippen molar-refractivity contribution in [1.29, 1.82) is 0 Å². The number of aromatic nitrogens is 3. The molecule has 0 radical (unpaired) electrons. The van der Waals surface area contributed by atoms with E-state index in [0.717, 1.165) is 53.2 Å². The minimum Gasteiger partial charge on any atom is -0.370 e. The van der Waals surface area contributed by atoms with Crippen LogP contribution in [0.25, 0.3) is 10.9 Å². The van der Waals surface area contributed by atoms with Crippen LogP contribution in [0.1, 0.15) is 36.7 Å². The molecule has 0 saturated carbocycles. The first kappa shape index (κ1) is 18.5. The number of aryl methyl sites for hydroxylation is 1. The van der Waals surface area contributed by atoms with E-state index in [1.807, 2.05) is 38.2 Å². The maximum Gasteiger partial charge on any atom is 0.246 e. The summed E-state index contributed by atoms with van der Waals surface area (Å²) in [7, 11) is 0. The predicted molar refractivity (Wildman–Crippen MR) is 113 cm³/mol. The van der Waals surface area contributed by atoms with Gasteiger partial charge in [0, 0.05) is 30.4 Å². The Morgan fingerprint density at radius 1 is 1.18 bits per heavy atom. The van der Waals surface area contributed by atoms with E-state index in [4.69, 9.17) is 0 Å². The Hall–Kier alpha value is -2.89. The van der Waals surface area contributed by atoms with Gasteiger partial charge in [-0.3, -0.25) is 14.5 Å². The molecule has 1 saturated heterocycles. The van der Waals surface area contributed by atoms with Crippen molar-refractivity contribution in [2.24, 2.45) is 0 Å². The van der Waals surface area contributed by atoms with Gasteiger partial charge in [-0.15, -0.1) is 0 Å². The molecule has 1 fully saturated rings. The lowest BCUT2D eigenvalue weighted by atomic mass is 10.1. The van der Waals surface area contributed by atoms with Crippen LogP contribution in [0.2, 0.25) is 0 Å². The fraction of sp³-hybridized carbons (Fsp3) is 0.409. The summed E-state index contributed by atoms with van der Waals surface area (Å²) < 4.78 is 1.79. The van der Waals surface area contributed by atoms with Crippen molar-refractivity contribution in [2.75, 3.05) is 23.3 Å². The van der Waals surface area contributed by atoms with Crippen molar-refractivity contribution in [1.82, 2.24) is 14.8 Å². The van der Waals surface area contributed by atoms with Crippen molar-refractivity contribution < 1.29 is 4.79 Å². The van der Waals surface area contributed by atoms with Crippen molar-refractivity contribution in [2.45, 2.75) is 46.6 Å². The third-order valence-electron chi connectivity index (χ3n) is 5.65. The van der Waals surface area contributed by atoms with Crippen LogP contribution in [-0.2, 0) is 17.8 Å². The topological polar surface area (TPSA) is 63.1 Å². The van der Waals surface area contributed by atoms with Gasteiger partial charge < -0.3 is 10.2 Å². The second-order valence-corrected chi connectivity index (χ2v) is 7.43. The van der Waals surface area contributed by atoms with Gasteiger partial charge in [0.25, 0.3) is 0 Å². The summed E-state index contributed by atoms with van der Waals surface area (Å²) >= 11 is 0. The number of anilines is 2. The first-order chi connectivity index (χ1) is 13.6. The number of nitrogens with one attached hydrogen (secondary N) is 1. The molecule has 0 unspecified atom stereocenters. The lowest BCUT2D eigenvalue weighted by molar-refractivity contribution is -0.116. The van der Waals surface area contributed by atoms with E-state index in [0.29, 0.717) is 0 Å². The molecular formula is C22H27N5O. The van der Waals surface area contributed by atoms with E-state index in [2.05, 4.69) is 33.3 Å². The molecule has 1 aromatic carbocycles. The molecule has 146 valence electrons. The molecule has 6 nitrogen and oxygen atoms in total. The molecule has 0 aliphatic carbocycles. The number of fused-ring (bicyclic) bond motifs is 1. The molecule has 1 aliphatic heterocycles. The molecule has 1 amide bonds. The molecule has 1 aliphatic rings. The zero-order valence-electron chi connectivity index (χ0n) is 16.8. The summed E-state index contributed by atoms with van der Waals surface area (Å²) in [6, 6.07) is 8.01. The fourth-order valence-electron chi connectivity index (χ4n) is 4.21. The molecule has 28 heavy (non-hydrogen) atoms. The average molecular weight is 377 g/mol. The van der Waals surface area contributed by atoms with E-state index in [-0.39, 0.29) is 12.5 Å². The first-order valence-electron chi connectivity index (χ1n) is 10.0. The first-order valence-corrected chi connectivity index (χ1v) is 10.0. The van der Waals surface area contributed by atoms with Crippen molar-refractivity contribution in [3.8, 4) is 0 Å². The number of carbonyl (C=O) groups is 1. The second kappa shape index (κ2) is 7.62. The van der Waals surface area contributed by atoms with Crippen molar-refractivity contribution in [3.63, 3.8) is 0 Å². The number of benzene rings is 1. The Morgan fingerprint density at radius 3 is 2.68 bits per heavy atom. The van der Waals surface area contributed by atoms with Gasteiger partial charge in [-0.1, -0.05) is 6.92 Å². The summed E-state index contributed by atoms with van der Waals surface area (Å²) in [5, 5.41) is 8.57. The standard InChI is InChI=1S/C22H27N5O/c1-4-17-15(2)25-27(16(17)3)14-21(28)24-19-9-10-20(26-12-5-6-13-26)22-18(19)8-7-11-23-22/h7-11H,4-6,12-14H2,1-3H3,(H,24,28). The summed E-state index contributed by atoms with van der Waals surface area (Å²) in [6.45, 7) is 8.47. The SMILES string of the molecule is CCc1c(C)nn(CC(=O)Nc2ccc(N3CCCC3)c3ncccc23)c1C. The predicted octanol–water partition coefficient (Wildman–Crippen LogP) is 3.85. The number of amides is 1. The Morgan fingerprint density at radius 2 is 1.96 bits per heavy atom. The van der Waals surface area contributed by atoms with Gasteiger partial charge in [0.1, 0.15) is 6.54 Å². The molecule has 1 N–H and O–H groups in total. The number of hydrogen-bond acceptors (Lipinski definition) is 4. The largest absolute Gasteiger partial charge is 0.370 e. The number of rotatable bonds is 5. The molecule has 3 heterocycles. The molecule has 0 spiro atoms. The van der Waals surface area contributed by atoms with Crippen LogP contribution in [0.15, 0.2) is 30.5 Å². The van der Waals surface area contributed by atoms with Gasteiger partial charge in [0.05, 0.1) is 22.6 Å². The monoisotopic (exact) mass is 377 g/mol. The Bertz CT molecular complexity index is 1020. The van der Waals surface area contributed by atoms with E-state index < -0.39 is 0 Å². The number of pyridine rings is 1. The second-order valence-electron chi connectivity index (χ2n) is 7.43. The van der Waals surface area contributed by atoms with Crippen molar-refractivity contribution in [3.05, 3.63) is 47.4 Å². The van der Waals surface area contributed by atoms with Gasteiger partial charge in [0.2, 0.25) is 5.91 Å². The molecule has 4 rings (SSSR count). The molecular weight excluding hydrogens is 350 g/mol. The third-order valence-corrected chi connectivity index (χ3v) is 5.65. The van der Waals surface area contributed by atoms with Crippen LogP contribution in [0, 0.1) is 13.8 Å². The van der Waals surface area contributed by atoms with Gasteiger partial charge in [0.15, 0.2) is 0 Å². The van der Waals surface area contributed by atoms with Gasteiger partial charge in [-0.25, -0.2) is 0 Å². The highest BCUT2D eigenvalue weighted by atomic mass is 16.2. The molecule has 0 bridgehead atoms. The van der Waals surface area contributed by atoms with E-state index >= 15 is 0 Å². The maximum atomic E-state index is 12.7. The minimum absolute atomic E-state index is 0.0765. The van der Waals surface area contributed by atoms with E-state index in [9.17, 15) is 4.79 Å². The molecule has 3 aromatic rings. The summed E-state index contributed by atoms with van der Waals surface area (Å²) in [5.41, 5.74) is 6.17. The van der Waals surface area contributed by atoms with E-state index in [1.165, 1.54) is 18.4 Å². The van der Waals surface area contributed by atoms with Gasteiger partial charge >= 0.3 is 0 Å². The Balaban J connectivity index is 1.60. The van der Waals surface area contributed by atoms with Crippen LogP contribution >= 0.6 is 0 Å². The summed E-state index contributed by atoms with van der Waals surface area (Å²) in [6.07, 6.45) is 5.17. The van der Waals surface area contributed by atoms with Crippen molar-refractivity contribution >= 4 is 28.2 Å². The normalized spacial score (nSPS) is 14.0. The van der Waals surface area contributed by atoms with Crippen LogP contribution in [0.3, 0.4) is 0 Å². The van der Waals surface area contributed by atoms with E-state index in [1.54, 1.807) is 4.68 Å². The highest BCUT2D eigenvalue weighted by Gasteiger charge is 2.18. The Kier molecular flexibility index (Phi) is 5.03. The van der Waals surface area contributed by atoms with Crippen LogP contribution < -0.4 is 10.2 Å². The quantitative estimate of drug-likeness (QED) is 0.734. The number of hydrogen-bond donors (Lipinski definition) is 1. The van der Waals surface area contributed by atoms with Gasteiger partial charge in [-0.05, 0) is 62.9 Å². The molecule has 2 aromatic heterocycles. The lowest BCUT2D eigenvalue weighted by Gasteiger charge is -2.20. The number of nitrogens with zero attached hydrogens (tertiary/aromatic N) is 4. The van der Waals surface area contributed by atoms with Crippen LogP contribution in [0.5, 0.6) is 0 Å². The highest BCUT2D eigenvalue weighted by Crippen LogP contribution is 2.32. The zero-order chi connectivity index (χ0) is 19.7.